The van der Waals surface area contributed by atoms with Crippen LogP contribution in [0.2, 0.25) is 0 Å². The van der Waals surface area contributed by atoms with Crippen LogP contribution >= 0.6 is 0 Å². The second-order valence-electron chi connectivity index (χ2n) is 10.4. The van der Waals surface area contributed by atoms with E-state index in [0.717, 1.165) is 28.0 Å². The molecule has 1 unspecified atom stereocenters. The van der Waals surface area contributed by atoms with Crippen LogP contribution in [0.4, 0.5) is 0 Å². The first kappa shape index (κ1) is 28.8. The number of nitrogens with two attached hydrogens (primary N) is 1. The number of allylic oxidation sites excluding steroid dienone is 4. The molecule has 214 valence electrons. The molecule has 1 fully saturated rings. The Morgan fingerprint density at radius 2 is 1.90 bits per heavy atom. The van der Waals surface area contributed by atoms with Crippen molar-refractivity contribution in [1.29, 1.82) is 0 Å². The standard InChI is InChI=1S/C33H33N5O3S/c1-23(2)10-8-16-30(34)36-33(39)26-14-9-11-24(20-26)21-28-31(29-15-6-7-18-35-29)37-38(27-17-19-42(40,41)22-27)32(28)25-12-4-3-5-13-25/h3-16,18,20,27H,1,17,19,21-22,34H2,2H3,(H,36,39)/b10-8-,30-16+. The Bertz CT molecular complexity index is 1770. The summed E-state index contributed by atoms with van der Waals surface area (Å²) in [6.45, 7) is 5.67. The summed E-state index contributed by atoms with van der Waals surface area (Å²) in [6, 6.07) is 22.6. The van der Waals surface area contributed by atoms with Crippen LogP contribution in [-0.4, -0.2) is 40.6 Å². The average Bonchev–Trinajstić information content (AvgIpc) is 3.53. The Kier molecular flexibility index (Phi) is 8.49. The molecule has 3 heterocycles. The van der Waals surface area contributed by atoms with Crippen molar-refractivity contribution in [2.45, 2.75) is 25.8 Å². The molecule has 1 atom stereocenters. The molecule has 2 aromatic carbocycles. The van der Waals surface area contributed by atoms with Crippen molar-refractivity contribution in [2.75, 3.05) is 11.5 Å². The highest BCUT2D eigenvalue weighted by atomic mass is 32.2. The van der Waals surface area contributed by atoms with Gasteiger partial charge in [0, 0.05) is 29.3 Å². The maximum absolute atomic E-state index is 13.0. The highest BCUT2D eigenvalue weighted by Crippen LogP contribution is 2.37. The Balaban J connectivity index is 1.56. The van der Waals surface area contributed by atoms with Gasteiger partial charge in [0.25, 0.3) is 5.91 Å². The van der Waals surface area contributed by atoms with Crippen molar-refractivity contribution in [3.63, 3.8) is 0 Å². The summed E-state index contributed by atoms with van der Waals surface area (Å²) in [6.07, 6.45) is 7.80. The number of nitrogens with one attached hydrogen (secondary N) is 1. The molecule has 0 spiro atoms. The van der Waals surface area contributed by atoms with E-state index in [1.807, 2.05) is 78.3 Å². The summed E-state index contributed by atoms with van der Waals surface area (Å²) in [4.78, 5) is 17.6. The van der Waals surface area contributed by atoms with E-state index in [-0.39, 0.29) is 29.3 Å². The van der Waals surface area contributed by atoms with E-state index in [0.29, 0.717) is 29.8 Å². The molecule has 2 aromatic heterocycles. The Morgan fingerprint density at radius 1 is 1.12 bits per heavy atom. The van der Waals surface area contributed by atoms with E-state index in [1.54, 1.807) is 30.5 Å². The fourth-order valence-corrected chi connectivity index (χ4v) is 6.76. The van der Waals surface area contributed by atoms with Gasteiger partial charge in [-0.05, 0) is 49.2 Å². The number of hydrogen-bond donors (Lipinski definition) is 2. The van der Waals surface area contributed by atoms with Gasteiger partial charge in [0.05, 0.1) is 28.9 Å². The van der Waals surface area contributed by atoms with Gasteiger partial charge >= 0.3 is 0 Å². The molecule has 42 heavy (non-hydrogen) atoms. The minimum absolute atomic E-state index is 0.0434. The van der Waals surface area contributed by atoms with Gasteiger partial charge in [-0.2, -0.15) is 5.10 Å². The lowest BCUT2D eigenvalue weighted by molar-refractivity contribution is 0.0965. The predicted octanol–water partition coefficient (Wildman–Crippen LogP) is 5.22. The van der Waals surface area contributed by atoms with Crippen molar-refractivity contribution in [1.82, 2.24) is 20.1 Å². The summed E-state index contributed by atoms with van der Waals surface area (Å²) in [5.74, 6) is 0.0772. The van der Waals surface area contributed by atoms with Gasteiger partial charge < -0.3 is 11.1 Å². The Labute approximate surface area is 246 Å². The van der Waals surface area contributed by atoms with E-state index in [2.05, 4.69) is 16.9 Å². The van der Waals surface area contributed by atoms with E-state index < -0.39 is 9.84 Å². The fourth-order valence-electron chi connectivity index (χ4n) is 5.07. The molecule has 1 aliphatic heterocycles. The van der Waals surface area contributed by atoms with Crippen LogP contribution in [-0.2, 0) is 16.3 Å². The van der Waals surface area contributed by atoms with Gasteiger partial charge in [-0.3, -0.25) is 14.5 Å². The molecule has 1 saturated heterocycles. The smallest absolute Gasteiger partial charge is 0.256 e. The van der Waals surface area contributed by atoms with Crippen LogP contribution in [0.25, 0.3) is 22.6 Å². The van der Waals surface area contributed by atoms with Gasteiger partial charge in [-0.25, -0.2) is 8.42 Å². The van der Waals surface area contributed by atoms with Crippen molar-refractivity contribution in [3.8, 4) is 22.6 Å². The molecule has 1 amide bonds. The number of rotatable bonds is 9. The third kappa shape index (κ3) is 6.75. The quantitative estimate of drug-likeness (QED) is 0.262. The zero-order valence-corrected chi connectivity index (χ0v) is 24.2. The fraction of sp³-hybridized carbons (Fsp3) is 0.182. The van der Waals surface area contributed by atoms with Crippen molar-refractivity contribution in [3.05, 3.63) is 132 Å². The maximum atomic E-state index is 13.0. The summed E-state index contributed by atoms with van der Waals surface area (Å²) in [5, 5.41) is 7.73. The molecule has 0 bridgehead atoms. The normalized spacial score (nSPS) is 16.5. The molecule has 8 nitrogen and oxygen atoms in total. The zero-order chi connectivity index (χ0) is 29.7. The molecule has 3 N–H and O–H groups in total. The van der Waals surface area contributed by atoms with Gasteiger partial charge in [0.1, 0.15) is 11.5 Å². The SMILES string of the molecule is C=C(C)/C=C\C=C(/N)NC(=O)c1cccc(Cc2c(-c3ccccn3)nn(C3CCS(=O)(=O)C3)c2-c2ccccc2)c1. The Hall–Kier alpha value is -4.76. The first-order valence-corrected chi connectivity index (χ1v) is 15.5. The number of aromatic nitrogens is 3. The van der Waals surface area contributed by atoms with E-state index in [9.17, 15) is 13.2 Å². The Morgan fingerprint density at radius 3 is 2.60 bits per heavy atom. The van der Waals surface area contributed by atoms with Gasteiger partial charge in [-0.1, -0.05) is 72.8 Å². The first-order chi connectivity index (χ1) is 20.2. The number of hydrogen-bond acceptors (Lipinski definition) is 6. The van der Waals surface area contributed by atoms with Crippen LogP contribution in [0.15, 0.2) is 115 Å². The lowest BCUT2D eigenvalue weighted by Crippen LogP contribution is -2.27. The second kappa shape index (κ2) is 12.4. The van der Waals surface area contributed by atoms with E-state index in [4.69, 9.17) is 10.8 Å². The molecule has 5 rings (SSSR count). The van der Waals surface area contributed by atoms with Crippen molar-refractivity contribution >= 4 is 15.7 Å². The van der Waals surface area contributed by atoms with Gasteiger partial charge in [0.2, 0.25) is 0 Å². The number of sulfone groups is 1. The lowest BCUT2D eigenvalue weighted by Gasteiger charge is -2.15. The summed E-state index contributed by atoms with van der Waals surface area (Å²) >= 11 is 0. The summed E-state index contributed by atoms with van der Waals surface area (Å²) < 4.78 is 26.8. The molecule has 1 aliphatic rings. The highest BCUT2D eigenvalue weighted by molar-refractivity contribution is 7.91. The largest absolute Gasteiger partial charge is 0.385 e. The summed E-state index contributed by atoms with van der Waals surface area (Å²) in [7, 11) is -3.15. The van der Waals surface area contributed by atoms with Gasteiger partial charge in [-0.15, -0.1) is 0 Å². The number of carbonyl (C=O) groups excluding carboxylic acids is 1. The minimum Gasteiger partial charge on any atom is -0.385 e. The summed E-state index contributed by atoms with van der Waals surface area (Å²) in [5.41, 5.74) is 12.3. The van der Waals surface area contributed by atoms with E-state index in [1.165, 1.54) is 0 Å². The third-order valence-corrected chi connectivity index (χ3v) is 8.75. The molecule has 0 aliphatic carbocycles. The number of amides is 1. The molecular weight excluding hydrogens is 546 g/mol. The molecule has 4 aromatic rings. The highest BCUT2D eigenvalue weighted by Gasteiger charge is 2.33. The molecule has 0 saturated carbocycles. The molecule has 9 heteroatoms. The first-order valence-electron chi connectivity index (χ1n) is 13.7. The maximum Gasteiger partial charge on any atom is 0.256 e. The second-order valence-corrected chi connectivity index (χ2v) is 12.6. The molecular formula is C33H33N5O3S. The van der Waals surface area contributed by atoms with Crippen LogP contribution in [0, 0.1) is 0 Å². The average molecular weight is 580 g/mol. The van der Waals surface area contributed by atoms with Crippen molar-refractivity contribution in [2.24, 2.45) is 5.73 Å². The lowest BCUT2D eigenvalue weighted by atomic mass is 9.96. The number of carbonyl (C=O) groups is 1. The third-order valence-electron chi connectivity index (χ3n) is 7.00. The molecule has 0 radical (unpaired) electrons. The predicted molar refractivity (Wildman–Crippen MR) is 166 cm³/mol. The van der Waals surface area contributed by atoms with Gasteiger partial charge in [0.15, 0.2) is 9.84 Å². The monoisotopic (exact) mass is 579 g/mol. The number of nitrogens with zero attached hydrogens (tertiary/aromatic N) is 3. The van der Waals surface area contributed by atoms with Crippen LogP contribution in [0.1, 0.15) is 40.9 Å². The topological polar surface area (TPSA) is 120 Å². The zero-order valence-electron chi connectivity index (χ0n) is 23.4. The van der Waals surface area contributed by atoms with Crippen molar-refractivity contribution < 1.29 is 13.2 Å². The van der Waals surface area contributed by atoms with Crippen LogP contribution in [0.3, 0.4) is 0 Å². The van der Waals surface area contributed by atoms with E-state index >= 15 is 0 Å². The van der Waals surface area contributed by atoms with Crippen LogP contribution < -0.4 is 11.1 Å². The van der Waals surface area contributed by atoms with Crippen LogP contribution in [0.5, 0.6) is 0 Å². The number of pyridine rings is 1. The number of benzene rings is 2. The minimum atomic E-state index is -3.15.